The van der Waals surface area contributed by atoms with Crippen molar-refractivity contribution in [3.8, 4) is 11.5 Å². The van der Waals surface area contributed by atoms with Gasteiger partial charge < -0.3 is 30.8 Å². The number of hydrogen-bond donors (Lipinski definition) is 3. The molecule has 2 heterocycles. The minimum absolute atomic E-state index is 0.169. The second-order valence-corrected chi connectivity index (χ2v) is 7.13. The first-order valence-corrected chi connectivity index (χ1v) is 10.0. The summed E-state index contributed by atoms with van der Waals surface area (Å²) >= 11 is 0. The number of alkyl halides is 3. The van der Waals surface area contributed by atoms with Crippen LogP contribution in [-0.2, 0) is 0 Å². The molecule has 0 amide bonds. The smallest absolute Gasteiger partial charge is 0.405 e. The van der Waals surface area contributed by atoms with Crippen LogP contribution in [0.15, 0.2) is 42.7 Å². The molecule has 12 heteroatoms. The van der Waals surface area contributed by atoms with Crippen molar-refractivity contribution in [2.24, 2.45) is 5.73 Å². The molecule has 0 aliphatic carbocycles. The number of ether oxygens (including phenoxy) is 2. The number of halogens is 3. The summed E-state index contributed by atoms with van der Waals surface area (Å²) in [5.74, 6) is 0.939. The predicted octanol–water partition coefficient (Wildman–Crippen LogP) is 3.28. The molecule has 1 atom stereocenters. The van der Waals surface area contributed by atoms with Crippen molar-refractivity contribution in [2.45, 2.75) is 12.2 Å². The molecule has 0 spiro atoms. The number of pyridine rings is 1. The summed E-state index contributed by atoms with van der Waals surface area (Å²) in [5, 5.41) is 10.4. The number of anilines is 2. The molecule has 0 saturated heterocycles. The normalized spacial score (nSPS) is 12.9. The summed E-state index contributed by atoms with van der Waals surface area (Å²) in [6.45, 7) is -0.614. The van der Waals surface area contributed by atoms with Gasteiger partial charge in [-0.05, 0) is 12.1 Å². The molecule has 180 valence electrons. The van der Waals surface area contributed by atoms with Gasteiger partial charge >= 0.3 is 6.18 Å². The third-order valence-corrected chi connectivity index (χ3v) is 4.87. The van der Waals surface area contributed by atoms with Crippen molar-refractivity contribution in [3.63, 3.8) is 0 Å². The first kappa shape index (κ1) is 24.7. The number of aromatic nitrogens is 3. The van der Waals surface area contributed by atoms with Crippen molar-refractivity contribution < 1.29 is 22.6 Å². The van der Waals surface area contributed by atoms with Crippen molar-refractivity contribution in [1.82, 2.24) is 20.3 Å². The van der Waals surface area contributed by atoms with Crippen LogP contribution in [0, 0.1) is 5.41 Å². The third kappa shape index (κ3) is 5.52. The highest BCUT2D eigenvalue weighted by molar-refractivity contribution is 6.07. The van der Waals surface area contributed by atoms with Gasteiger partial charge in [0.05, 0.1) is 26.1 Å². The first-order chi connectivity index (χ1) is 16.2. The van der Waals surface area contributed by atoms with Crippen LogP contribution in [-0.4, -0.2) is 61.2 Å². The Hall–Kier alpha value is -3.93. The lowest BCUT2D eigenvalue weighted by atomic mass is 10.2. The van der Waals surface area contributed by atoms with Gasteiger partial charge in [0.15, 0.2) is 5.65 Å². The zero-order valence-corrected chi connectivity index (χ0v) is 18.7. The van der Waals surface area contributed by atoms with Crippen LogP contribution in [0.4, 0.5) is 24.7 Å². The molecule has 2 aromatic heterocycles. The first-order valence-electron chi connectivity index (χ1n) is 10.0. The standard InChI is InChI=1S/C22H24F3N7O2/c1-28-10-13(9-26)18-11-29-17-4-5-20(31-21(17)30-18)32(12-19(27)22(23,24)25)14-6-15(33-2)8-16(7-14)34-3/h4-11,19,26,28H,12,27H2,1-3H3/b13-10+,26-9?. The molecular formula is C22H24F3N7O2. The fourth-order valence-electron chi connectivity index (χ4n) is 3.10. The molecular weight excluding hydrogens is 451 g/mol. The Bertz CT molecular complexity index is 1180. The predicted molar refractivity (Wildman–Crippen MR) is 124 cm³/mol. The number of hydrogen-bond acceptors (Lipinski definition) is 9. The van der Waals surface area contributed by atoms with Gasteiger partial charge in [-0.1, -0.05) is 0 Å². The van der Waals surface area contributed by atoms with E-state index in [2.05, 4.69) is 20.3 Å². The number of benzene rings is 1. The second-order valence-electron chi connectivity index (χ2n) is 7.13. The van der Waals surface area contributed by atoms with Crippen molar-refractivity contribution in [3.05, 3.63) is 48.4 Å². The SMILES string of the molecule is CN/C=C(\C=N)c1cnc2ccc(N(CC(N)C(F)(F)F)c3cc(OC)cc(OC)c3)nc2n1. The summed E-state index contributed by atoms with van der Waals surface area (Å²) in [4.78, 5) is 14.5. The Morgan fingerprint density at radius 3 is 2.41 bits per heavy atom. The maximum absolute atomic E-state index is 13.4. The summed E-state index contributed by atoms with van der Waals surface area (Å²) < 4.78 is 50.6. The van der Waals surface area contributed by atoms with E-state index in [1.54, 1.807) is 37.5 Å². The van der Waals surface area contributed by atoms with Crippen LogP contribution in [0.3, 0.4) is 0 Å². The van der Waals surface area contributed by atoms with Gasteiger partial charge in [0, 0.05) is 55.5 Å². The molecule has 4 N–H and O–H groups in total. The van der Waals surface area contributed by atoms with Crippen LogP contribution < -0.4 is 25.4 Å². The fourth-order valence-corrected chi connectivity index (χ4v) is 3.10. The van der Waals surface area contributed by atoms with Crippen LogP contribution in [0.2, 0.25) is 0 Å². The Morgan fingerprint density at radius 2 is 1.85 bits per heavy atom. The van der Waals surface area contributed by atoms with Crippen LogP contribution in [0.25, 0.3) is 16.7 Å². The summed E-state index contributed by atoms with van der Waals surface area (Å²) in [6.07, 6.45) is -0.457. The lowest BCUT2D eigenvalue weighted by Gasteiger charge is -2.28. The molecule has 9 nitrogen and oxygen atoms in total. The summed E-state index contributed by atoms with van der Waals surface area (Å²) in [6, 6.07) is 5.70. The zero-order valence-electron chi connectivity index (χ0n) is 18.7. The molecule has 34 heavy (non-hydrogen) atoms. The van der Waals surface area contributed by atoms with Crippen LogP contribution >= 0.6 is 0 Å². The maximum Gasteiger partial charge on any atom is 0.405 e. The molecule has 0 bridgehead atoms. The van der Waals surface area contributed by atoms with Gasteiger partial charge in [-0.3, -0.25) is 4.98 Å². The Labute approximate surface area is 193 Å². The van der Waals surface area contributed by atoms with Gasteiger partial charge in [-0.2, -0.15) is 13.2 Å². The van der Waals surface area contributed by atoms with E-state index >= 15 is 0 Å². The van der Waals surface area contributed by atoms with E-state index in [4.69, 9.17) is 20.6 Å². The molecule has 0 aliphatic heterocycles. The lowest BCUT2D eigenvalue weighted by Crippen LogP contribution is -2.46. The average Bonchev–Trinajstić information content (AvgIpc) is 2.83. The summed E-state index contributed by atoms with van der Waals surface area (Å²) in [5.41, 5.74) is 7.27. The Morgan fingerprint density at radius 1 is 1.18 bits per heavy atom. The monoisotopic (exact) mass is 475 g/mol. The quantitative estimate of drug-likeness (QED) is 0.403. The lowest BCUT2D eigenvalue weighted by molar-refractivity contribution is -0.145. The maximum atomic E-state index is 13.4. The van der Waals surface area contributed by atoms with E-state index in [0.29, 0.717) is 34.0 Å². The van der Waals surface area contributed by atoms with Crippen molar-refractivity contribution in [1.29, 1.82) is 5.41 Å². The number of allylic oxidation sites excluding steroid dienone is 1. The molecule has 0 fully saturated rings. The van der Waals surface area contributed by atoms with Crippen molar-refractivity contribution >= 4 is 34.5 Å². The molecule has 0 saturated carbocycles. The number of nitrogens with one attached hydrogen (secondary N) is 2. The number of methoxy groups -OCH3 is 2. The third-order valence-electron chi connectivity index (χ3n) is 4.87. The zero-order chi connectivity index (χ0) is 24.9. The van der Waals surface area contributed by atoms with Gasteiger partial charge in [0.1, 0.15) is 28.9 Å². The van der Waals surface area contributed by atoms with Crippen molar-refractivity contribution in [2.75, 3.05) is 32.7 Å². The molecule has 1 unspecified atom stereocenters. The average molecular weight is 475 g/mol. The molecule has 0 radical (unpaired) electrons. The Kier molecular flexibility index (Phi) is 7.51. The number of rotatable bonds is 9. The highest BCUT2D eigenvalue weighted by Gasteiger charge is 2.38. The molecule has 3 rings (SSSR count). The molecule has 3 aromatic rings. The van der Waals surface area contributed by atoms with Crippen LogP contribution in [0.5, 0.6) is 11.5 Å². The minimum atomic E-state index is -4.62. The minimum Gasteiger partial charge on any atom is -0.497 e. The largest absolute Gasteiger partial charge is 0.497 e. The number of nitrogens with two attached hydrogens (primary N) is 1. The van der Waals surface area contributed by atoms with E-state index < -0.39 is 18.8 Å². The highest BCUT2D eigenvalue weighted by atomic mass is 19.4. The van der Waals surface area contributed by atoms with E-state index in [1.165, 1.54) is 31.4 Å². The van der Waals surface area contributed by atoms with Crippen LogP contribution in [0.1, 0.15) is 5.69 Å². The van der Waals surface area contributed by atoms with E-state index in [9.17, 15) is 13.2 Å². The number of fused-ring (bicyclic) bond motifs is 1. The summed E-state index contributed by atoms with van der Waals surface area (Å²) in [7, 11) is 4.56. The van der Waals surface area contributed by atoms with Gasteiger partial charge in [-0.25, -0.2) is 9.97 Å². The van der Waals surface area contributed by atoms with Gasteiger partial charge in [0.2, 0.25) is 0 Å². The van der Waals surface area contributed by atoms with E-state index in [0.717, 1.165) is 6.21 Å². The molecule has 0 aliphatic rings. The topological polar surface area (TPSA) is 122 Å². The molecule has 1 aromatic carbocycles. The second kappa shape index (κ2) is 10.3. The van der Waals surface area contributed by atoms with Gasteiger partial charge in [-0.15, -0.1) is 0 Å². The van der Waals surface area contributed by atoms with E-state index in [-0.39, 0.29) is 11.5 Å². The highest BCUT2D eigenvalue weighted by Crippen LogP contribution is 2.34. The van der Waals surface area contributed by atoms with E-state index in [1.807, 2.05) is 0 Å². The number of nitrogens with zero attached hydrogens (tertiary/aromatic N) is 4. The Balaban J connectivity index is 2.15. The fraction of sp³-hybridized carbons (Fsp3) is 0.273. The van der Waals surface area contributed by atoms with Gasteiger partial charge in [0.25, 0.3) is 0 Å².